The lowest BCUT2D eigenvalue weighted by Crippen LogP contribution is -2.57. The number of oxime groups is 1. The zero-order valence-electron chi connectivity index (χ0n) is 23.0. The van der Waals surface area contributed by atoms with Crippen molar-refractivity contribution in [1.29, 1.82) is 0 Å². The molecule has 0 N–H and O–H groups in total. The molecule has 202 valence electrons. The van der Waals surface area contributed by atoms with Crippen molar-refractivity contribution < 1.29 is 9.57 Å². The number of pyridine rings is 1. The minimum atomic E-state index is 0.243. The average molecular weight is 519 g/mol. The standard InChI is InChI=1S/C25H41N5O2S.C2H5N/c1-5-10-28(19-31-27-14-20(2)3)11-8-22-7-6-21-13-24(26-15-23(21)32-22)29-16-25(17-29)9-12-30(18-25)33-4;1-3-2/h13-15,20,22H,5-12,16-19H2,1-4H3;1H2,2H3/b27-14+;. The molecule has 0 aromatic carbocycles. The van der Waals surface area contributed by atoms with Crippen molar-refractivity contribution in [2.75, 3.05) is 64.2 Å². The molecule has 0 bridgehead atoms. The molecule has 4 rings (SSSR count). The van der Waals surface area contributed by atoms with Gasteiger partial charge < -0.3 is 19.5 Å². The topological polar surface area (TPSA) is 65.8 Å². The number of aliphatic imine (C=N–C) groups is 1. The summed E-state index contributed by atoms with van der Waals surface area (Å²) in [6.45, 7) is 16.7. The fourth-order valence-corrected chi connectivity index (χ4v) is 5.78. The first-order valence-electron chi connectivity index (χ1n) is 13.3. The Morgan fingerprint density at radius 2 is 2.14 bits per heavy atom. The maximum absolute atomic E-state index is 6.34. The van der Waals surface area contributed by atoms with E-state index < -0.39 is 0 Å². The number of fused-ring (bicyclic) bond motifs is 1. The molecule has 1 unspecified atom stereocenters. The van der Waals surface area contributed by atoms with Crippen LogP contribution in [0.25, 0.3) is 0 Å². The van der Waals surface area contributed by atoms with Crippen LogP contribution in [0.2, 0.25) is 0 Å². The Labute approximate surface area is 222 Å². The summed E-state index contributed by atoms with van der Waals surface area (Å²) in [6.07, 6.45) is 11.8. The maximum atomic E-state index is 6.34. The minimum Gasteiger partial charge on any atom is -0.488 e. The Bertz CT molecular complexity index is 846. The third-order valence-corrected chi connectivity index (χ3v) is 7.81. The number of nitrogens with zero attached hydrogens (tertiary/aromatic N) is 6. The smallest absolute Gasteiger partial charge is 0.170 e. The van der Waals surface area contributed by atoms with Gasteiger partial charge >= 0.3 is 0 Å². The number of hydrogen-bond donors (Lipinski definition) is 0. The second-order valence-electron chi connectivity index (χ2n) is 10.6. The highest BCUT2D eigenvalue weighted by molar-refractivity contribution is 7.96. The predicted octanol–water partition coefficient (Wildman–Crippen LogP) is 4.60. The van der Waals surface area contributed by atoms with Crippen LogP contribution in [-0.4, -0.2) is 92.5 Å². The molecule has 4 heterocycles. The van der Waals surface area contributed by atoms with Crippen molar-refractivity contribution in [2.24, 2.45) is 21.5 Å². The molecule has 0 saturated carbocycles. The van der Waals surface area contributed by atoms with Crippen LogP contribution in [0, 0.1) is 11.3 Å². The summed E-state index contributed by atoms with van der Waals surface area (Å²) in [5.41, 5.74) is 1.79. The highest BCUT2D eigenvalue weighted by Crippen LogP contribution is 2.43. The van der Waals surface area contributed by atoms with Crippen LogP contribution >= 0.6 is 11.9 Å². The first-order valence-corrected chi connectivity index (χ1v) is 14.5. The van der Waals surface area contributed by atoms with Gasteiger partial charge in [-0.15, -0.1) is 0 Å². The largest absolute Gasteiger partial charge is 0.488 e. The van der Waals surface area contributed by atoms with Gasteiger partial charge in [0.15, 0.2) is 6.73 Å². The van der Waals surface area contributed by atoms with E-state index in [4.69, 9.17) is 14.6 Å². The van der Waals surface area contributed by atoms with Crippen LogP contribution in [0.1, 0.15) is 52.0 Å². The molecule has 2 saturated heterocycles. The molecule has 1 atom stereocenters. The van der Waals surface area contributed by atoms with Crippen LogP contribution in [0.4, 0.5) is 5.82 Å². The van der Waals surface area contributed by atoms with E-state index in [-0.39, 0.29) is 6.10 Å². The van der Waals surface area contributed by atoms with Crippen LogP contribution in [0.5, 0.6) is 5.75 Å². The van der Waals surface area contributed by atoms with Gasteiger partial charge in [-0.3, -0.25) is 9.21 Å². The summed E-state index contributed by atoms with van der Waals surface area (Å²) in [7, 11) is 1.64. The summed E-state index contributed by atoms with van der Waals surface area (Å²) >= 11 is 1.88. The molecule has 2 fully saturated rings. The summed E-state index contributed by atoms with van der Waals surface area (Å²) in [5, 5.41) is 4.07. The van der Waals surface area contributed by atoms with Gasteiger partial charge in [0.25, 0.3) is 0 Å². The van der Waals surface area contributed by atoms with Gasteiger partial charge in [-0.05, 0) is 62.6 Å². The van der Waals surface area contributed by atoms with Crippen molar-refractivity contribution in [1.82, 2.24) is 14.2 Å². The van der Waals surface area contributed by atoms with Crippen LogP contribution < -0.4 is 9.64 Å². The van der Waals surface area contributed by atoms with E-state index in [1.807, 2.05) is 24.4 Å². The fraction of sp³-hybridized carbons (Fsp3) is 0.741. The third-order valence-electron chi connectivity index (χ3n) is 6.98. The van der Waals surface area contributed by atoms with Crippen LogP contribution in [-0.2, 0) is 11.3 Å². The summed E-state index contributed by atoms with van der Waals surface area (Å²) in [6, 6.07) is 2.27. The van der Waals surface area contributed by atoms with E-state index >= 15 is 0 Å². The normalized spacial score (nSPS) is 20.8. The van der Waals surface area contributed by atoms with E-state index in [2.05, 4.69) is 64.1 Å². The number of aromatic nitrogens is 1. The third kappa shape index (κ3) is 8.08. The molecular formula is C27H46N6O2S. The predicted molar refractivity (Wildman–Crippen MR) is 153 cm³/mol. The lowest BCUT2D eigenvalue weighted by atomic mass is 9.79. The molecular weight excluding hydrogens is 472 g/mol. The van der Waals surface area contributed by atoms with Gasteiger partial charge in [-0.1, -0.05) is 37.9 Å². The zero-order valence-corrected chi connectivity index (χ0v) is 23.8. The number of anilines is 1. The summed E-state index contributed by atoms with van der Waals surface area (Å²) in [5.74, 6) is 2.50. The van der Waals surface area contributed by atoms with E-state index in [9.17, 15) is 0 Å². The quantitative estimate of drug-likeness (QED) is 0.184. The Hall–Kier alpha value is -1.84. The molecule has 0 aliphatic carbocycles. The molecule has 1 aromatic heterocycles. The minimum absolute atomic E-state index is 0.243. The highest BCUT2D eigenvalue weighted by Gasteiger charge is 2.48. The summed E-state index contributed by atoms with van der Waals surface area (Å²) in [4.78, 5) is 18.3. The Kier molecular flexibility index (Phi) is 11.3. The van der Waals surface area contributed by atoms with Crippen LogP contribution in [0.15, 0.2) is 22.4 Å². The molecule has 1 aromatic rings. The number of aryl methyl sites for hydroxylation is 1. The molecule has 1 spiro atoms. The SMILES string of the molecule is C=NC.CCCN(CCC1CCc2cc(N3CC4(CCN(SC)C4)C3)ncc2O1)CO/N=C/C(C)C. The van der Waals surface area contributed by atoms with E-state index in [1.54, 1.807) is 7.05 Å². The molecule has 8 nitrogen and oxygen atoms in total. The fourth-order valence-electron chi connectivity index (χ4n) is 5.10. The van der Waals surface area contributed by atoms with Gasteiger partial charge in [0, 0.05) is 57.9 Å². The Morgan fingerprint density at radius 3 is 2.81 bits per heavy atom. The van der Waals surface area contributed by atoms with Gasteiger partial charge in [-0.2, -0.15) is 0 Å². The highest BCUT2D eigenvalue weighted by atomic mass is 32.2. The number of rotatable bonds is 11. The molecule has 0 amide bonds. The van der Waals surface area contributed by atoms with Crippen LogP contribution in [0.3, 0.4) is 0 Å². The second-order valence-corrected chi connectivity index (χ2v) is 11.4. The molecule has 3 aliphatic heterocycles. The van der Waals surface area contributed by atoms with Crippen molar-refractivity contribution in [3.8, 4) is 5.75 Å². The molecule has 36 heavy (non-hydrogen) atoms. The van der Waals surface area contributed by atoms with Crippen molar-refractivity contribution >= 4 is 30.7 Å². The molecule has 9 heteroatoms. The number of ether oxygens (including phenoxy) is 1. The van der Waals surface area contributed by atoms with Gasteiger partial charge in [0.2, 0.25) is 0 Å². The maximum Gasteiger partial charge on any atom is 0.170 e. The first-order chi connectivity index (χ1) is 17.4. The summed E-state index contributed by atoms with van der Waals surface area (Å²) < 4.78 is 8.84. The second kappa shape index (κ2) is 14.2. The van der Waals surface area contributed by atoms with Crippen molar-refractivity contribution in [3.63, 3.8) is 0 Å². The van der Waals surface area contributed by atoms with Crippen molar-refractivity contribution in [2.45, 2.75) is 59.0 Å². The van der Waals surface area contributed by atoms with Gasteiger partial charge in [0.05, 0.1) is 6.20 Å². The van der Waals surface area contributed by atoms with E-state index in [0.29, 0.717) is 18.1 Å². The van der Waals surface area contributed by atoms with Crippen molar-refractivity contribution in [3.05, 3.63) is 17.8 Å². The monoisotopic (exact) mass is 518 g/mol. The lowest BCUT2D eigenvalue weighted by molar-refractivity contribution is 0.0242. The molecule has 3 aliphatic rings. The first kappa shape index (κ1) is 28.7. The zero-order chi connectivity index (χ0) is 26.0. The van der Waals surface area contributed by atoms with Gasteiger partial charge in [0.1, 0.15) is 17.7 Å². The average Bonchev–Trinajstić information content (AvgIpc) is 3.29. The van der Waals surface area contributed by atoms with E-state index in [1.165, 1.54) is 25.1 Å². The number of hydrogen-bond acceptors (Lipinski definition) is 9. The Balaban J connectivity index is 0.00000115. The Morgan fingerprint density at radius 1 is 1.36 bits per heavy atom. The molecule has 0 radical (unpaired) electrons. The van der Waals surface area contributed by atoms with E-state index in [0.717, 1.165) is 63.4 Å². The van der Waals surface area contributed by atoms with Gasteiger partial charge in [-0.25, -0.2) is 4.98 Å². The lowest BCUT2D eigenvalue weighted by Gasteiger charge is -2.49.